The van der Waals surface area contributed by atoms with Gasteiger partial charge >= 0.3 is 0 Å². The van der Waals surface area contributed by atoms with Crippen molar-refractivity contribution < 1.29 is 9.72 Å². The fourth-order valence-corrected chi connectivity index (χ4v) is 3.76. The van der Waals surface area contributed by atoms with Gasteiger partial charge in [0, 0.05) is 50.8 Å². The molecule has 1 heterocycles. The Hall–Kier alpha value is -1.95. The zero-order chi connectivity index (χ0) is 16.9. The molecule has 0 N–H and O–H groups in total. The van der Waals surface area contributed by atoms with Crippen molar-refractivity contribution in [3.63, 3.8) is 0 Å². The van der Waals surface area contributed by atoms with Crippen LogP contribution in [0.3, 0.4) is 0 Å². The van der Waals surface area contributed by atoms with Gasteiger partial charge < -0.3 is 4.90 Å². The van der Waals surface area contributed by atoms with Crippen molar-refractivity contribution in [2.75, 3.05) is 26.2 Å². The van der Waals surface area contributed by atoms with Crippen molar-refractivity contribution in [1.29, 1.82) is 0 Å². The Bertz CT molecular complexity index is 591. The molecule has 2 aliphatic rings. The maximum atomic E-state index is 12.6. The zero-order valence-electron chi connectivity index (χ0n) is 14.0. The van der Waals surface area contributed by atoms with E-state index >= 15 is 0 Å². The van der Waals surface area contributed by atoms with Crippen LogP contribution in [0.5, 0.6) is 0 Å². The molecule has 1 amide bonds. The second-order valence-electron chi connectivity index (χ2n) is 6.86. The molecule has 1 aromatic rings. The van der Waals surface area contributed by atoms with Gasteiger partial charge in [-0.05, 0) is 18.4 Å². The Balaban J connectivity index is 1.50. The first kappa shape index (κ1) is 16.9. The van der Waals surface area contributed by atoms with E-state index in [1.165, 1.54) is 25.3 Å². The van der Waals surface area contributed by atoms with Crippen LogP contribution in [0.25, 0.3) is 0 Å². The van der Waals surface area contributed by atoms with Gasteiger partial charge in [-0.25, -0.2) is 0 Å². The summed E-state index contributed by atoms with van der Waals surface area (Å²) in [5.41, 5.74) is 1.09. The SMILES string of the molecule is O=C(C1CCCCC1)N1CCN(Cc2cccc([N+](=O)[O-])c2)CC1. The molecule has 0 bridgehead atoms. The summed E-state index contributed by atoms with van der Waals surface area (Å²) in [5.74, 6) is 0.576. The topological polar surface area (TPSA) is 66.7 Å². The van der Waals surface area contributed by atoms with E-state index in [0.717, 1.165) is 44.6 Å². The second-order valence-corrected chi connectivity index (χ2v) is 6.86. The normalized spacial score (nSPS) is 20.1. The number of nitro groups is 1. The molecule has 0 spiro atoms. The molecule has 1 aliphatic heterocycles. The second kappa shape index (κ2) is 7.75. The summed E-state index contributed by atoms with van der Waals surface area (Å²) in [6, 6.07) is 6.81. The number of hydrogen-bond acceptors (Lipinski definition) is 4. The fraction of sp³-hybridized carbons (Fsp3) is 0.611. The van der Waals surface area contributed by atoms with Gasteiger partial charge in [0.15, 0.2) is 0 Å². The molecule has 130 valence electrons. The maximum Gasteiger partial charge on any atom is 0.269 e. The highest BCUT2D eigenvalue weighted by atomic mass is 16.6. The predicted octanol–water partition coefficient (Wildman–Crippen LogP) is 2.82. The fourth-order valence-electron chi connectivity index (χ4n) is 3.76. The summed E-state index contributed by atoms with van der Waals surface area (Å²) >= 11 is 0. The van der Waals surface area contributed by atoms with Crippen LogP contribution in [-0.4, -0.2) is 46.8 Å². The molecule has 0 aromatic heterocycles. The summed E-state index contributed by atoms with van der Waals surface area (Å²) in [7, 11) is 0. The van der Waals surface area contributed by atoms with Gasteiger partial charge in [-0.2, -0.15) is 0 Å². The quantitative estimate of drug-likeness (QED) is 0.628. The van der Waals surface area contributed by atoms with Gasteiger partial charge in [0.2, 0.25) is 5.91 Å². The third-order valence-electron chi connectivity index (χ3n) is 5.17. The van der Waals surface area contributed by atoms with Gasteiger partial charge in [0.05, 0.1) is 4.92 Å². The number of amides is 1. The van der Waals surface area contributed by atoms with E-state index in [1.54, 1.807) is 12.1 Å². The van der Waals surface area contributed by atoms with Crippen molar-refractivity contribution in [2.45, 2.75) is 38.6 Å². The van der Waals surface area contributed by atoms with Crippen LogP contribution in [0.1, 0.15) is 37.7 Å². The number of piperazine rings is 1. The van der Waals surface area contributed by atoms with Crippen LogP contribution >= 0.6 is 0 Å². The average Bonchev–Trinajstić information content (AvgIpc) is 2.63. The number of nitrogens with zero attached hydrogens (tertiary/aromatic N) is 3. The lowest BCUT2D eigenvalue weighted by Crippen LogP contribution is -2.50. The van der Waals surface area contributed by atoms with Gasteiger partial charge in [0.25, 0.3) is 5.69 Å². The highest BCUT2D eigenvalue weighted by Crippen LogP contribution is 2.26. The lowest BCUT2D eigenvalue weighted by molar-refractivity contribution is -0.384. The van der Waals surface area contributed by atoms with Crippen molar-refractivity contribution in [1.82, 2.24) is 9.80 Å². The van der Waals surface area contributed by atoms with Crippen LogP contribution < -0.4 is 0 Å². The third kappa shape index (κ3) is 4.12. The molecule has 0 atom stereocenters. The number of benzene rings is 1. The predicted molar refractivity (Wildman–Crippen MR) is 91.5 cm³/mol. The molecule has 6 nitrogen and oxygen atoms in total. The Morgan fingerprint density at radius 1 is 1.12 bits per heavy atom. The molecule has 3 rings (SSSR count). The zero-order valence-corrected chi connectivity index (χ0v) is 14.0. The standard InChI is InChI=1S/C18H25N3O3/c22-18(16-6-2-1-3-7-16)20-11-9-19(10-12-20)14-15-5-4-8-17(13-15)21(23)24/h4-5,8,13,16H,1-3,6-7,9-12,14H2. The van der Waals surface area contributed by atoms with Crippen molar-refractivity contribution in [3.05, 3.63) is 39.9 Å². The minimum atomic E-state index is -0.357. The minimum Gasteiger partial charge on any atom is -0.340 e. The van der Waals surface area contributed by atoms with E-state index in [4.69, 9.17) is 0 Å². The number of non-ortho nitro benzene ring substituents is 1. The number of carbonyl (C=O) groups is 1. The summed E-state index contributed by atoms with van der Waals surface area (Å²) in [4.78, 5) is 27.4. The molecule has 0 radical (unpaired) electrons. The number of nitro benzene ring substituents is 1. The van der Waals surface area contributed by atoms with E-state index in [9.17, 15) is 14.9 Å². The van der Waals surface area contributed by atoms with Crippen LogP contribution in [-0.2, 0) is 11.3 Å². The van der Waals surface area contributed by atoms with Crippen LogP contribution in [0, 0.1) is 16.0 Å². The molecular weight excluding hydrogens is 306 g/mol. The number of carbonyl (C=O) groups excluding carboxylic acids is 1. The Labute approximate surface area is 142 Å². The largest absolute Gasteiger partial charge is 0.340 e. The van der Waals surface area contributed by atoms with Crippen molar-refractivity contribution >= 4 is 11.6 Å². The summed E-state index contributed by atoms with van der Waals surface area (Å²) in [6.07, 6.45) is 5.73. The van der Waals surface area contributed by atoms with Gasteiger partial charge in [-0.1, -0.05) is 31.4 Å². The van der Waals surface area contributed by atoms with E-state index in [2.05, 4.69) is 4.90 Å². The number of hydrogen-bond donors (Lipinski definition) is 0. The molecule has 0 unspecified atom stereocenters. The average molecular weight is 331 g/mol. The van der Waals surface area contributed by atoms with E-state index in [1.807, 2.05) is 11.0 Å². The van der Waals surface area contributed by atoms with Crippen molar-refractivity contribution in [2.24, 2.45) is 5.92 Å². The van der Waals surface area contributed by atoms with E-state index in [0.29, 0.717) is 12.5 Å². The van der Waals surface area contributed by atoms with E-state index in [-0.39, 0.29) is 16.5 Å². The van der Waals surface area contributed by atoms with Crippen LogP contribution in [0.2, 0.25) is 0 Å². The highest BCUT2D eigenvalue weighted by molar-refractivity contribution is 5.79. The molecule has 1 aliphatic carbocycles. The first-order valence-corrected chi connectivity index (χ1v) is 8.88. The lowest BCUT2D eigenvalue weighted by atomic mass is 9.88. The Morgan fingerprint density at radius 2 is 1.83 bits per heavy atom. The molecule has 1 saturated carbocycles. The van der Waals surface area contributed by atoms with Gasteiger partial charge in [0.1, 0.15) is 0 Å². The summed E-state index contributed by atoms with van der Waals surface area (Å²) in [6.45, 7) is 3.91. The lowest BCUT2D eigenvalue weighted by Gasteiger charge is -2.37. The van der Waals surface area contributed by atoms with Crippen molar-refractivity contribution in [3.8, 4) is 0 Å². The Kier molecular flexibility index (Phi) is 5.45. The van der Waals surface area contributed by atoms with Crippen LogP contribution in [0.15, 0.2) is 24.3 Å². The highest BCUT2D eigenvalue weighted by Gasteiger charge is 2.28. The first-order chi connectivity index (χ1) is 11.6. The smallest absolute Gasteiger partial charge is 0.269 e. The van der Waals surface area contributed by atoms with Crippen LogP contribution in [0.4, 0.5) is 5.69 Å². The molecule has 1 saturated heterocycles. The molecule has 24 heavy (non-hydrogen) atoms. The Morgan fingerprint density at radius 3 is 2.50 bits per heavy atom. The summed E-state index contributed by atoms with van der Waals surface area (Å²) < 4.78 is 0. The van der Waals surface area contributed by atoms with Gasteiger partial charge in [-0.15, -0.1) is 0 Å². The minimum absolute atomic E-state index is 0.138. The molecule has 6 heteroatoms. The third-order valence-corrected chi connectivity index (χ3v) is 5.17. The molecule has 1 aromatic carbocycles. The summed E-state index contributed by atoms with van der Waals surface area (Å²) in [5, 5.41) is 10.9. The van der Waals surface area contributed by atoms with Gasteiger partial charge in [-0.3, -0.25) is 19.8 Å². The monoisotopic (exact) mass is 331 g/mol. The maximum absolute atomic E-state index is 12.6. The number of rotatable bonds is 4. The molecular formula is C18H25N3O3. The van der Waals surface area contributed by atoms with E-state index < -0.39 is 0 Å². The first-order valence-electron chi connectivity index (χ1n) is 8.88. The molecule has 2 fully saturated rings.